The minimum Gasteiger partial charge on any atom is -0.267 e. The van der Waals surface area contributed by atoms with E-state index in [0.29, 0.717) is 4.88 Å². The van der Waals surface area contributed by atoms with E-state index in [1.54, 1.807) is 0 Å². The van der Waals surface area contributed by atoms with Gasteiger partial charge in [0, 0.05) is 16.5 Å². The maximum Gasteiger partial charge on any atom is 0.279 e. The van der Waals surface area contributed by atoms with E-state index in [4.69, 9.17) is 0 Å². The number of amides is 2. The van der Waals surface area contributed by atoms with Gasteiger partial charge in [0.15, 0.2) is 0 Å². The van der Waals surface area contributed by atoms with Gasteiger partial charge in [-0.25, -0.2) is 13.1 Å². The van der Waals surface area contributed by atoms with Crippen molar-refractivity contribution in [2.45, 2.75) is 55.9 Å². The summed E-state index contributed by atoms with van der Waals surface area (Å²) in [4.78, 5) is 26.6. The molecule has 0 aliphatic heterocycles. The fourth-order valence-electron chi connectivity index (χ4n) is 3.30. The van der Waals surface area contributed by atoms with Gasteiger partial charge in [0.25, 0.3) is 11.8 Å². The van der Waals surface area contributed by atoms with Crippen LogP contribution < -0.4 is 15.6 Å². The third-order valence-corrected chi connectivity index (χ3v) is 7.86. The highest BCUT2D eigenvalue weighted by Gasteiger charge is 2.28. The van der Waals surface area contributed by atoms with Crippen LogP contribution in [0, 0.1) is 0 Å². The highest BCUT2D eigenvalue weighted by molar-refractivity contribution is 7.89. The quantitative estimate of drug-likeness (QED) is 0.498. The standard InChI is InChI=1S/C20H23N3O4S2/c24-19(13-6-10-16(11-7-13)29(26,27)23-15-8-9-15)21-22-20(25)18-12-14-4-2-1-3-5-17(14)28-18/h6-7,10-12,15,23H,1-5,8-9H2,(H,21,24)(H,22,25). The molecule has 7 nitrogen and oxygen atoms in total. The lowest BCUT2D eigenvalue weighted by Gasteiger charge is -2.08. The Kier molecular flexibility index (Phi) is 5.71. The van der Waals surface area contributed by atoms with Gasteiger partial charge in [0.2, 0.25) is 10.0 Å². The number of nitrogens with one attached hydrogen (secondary N) is 3. The summed E-state index contributed by atoms with van der Waals surface area (Å²) < 4.78 is 26.9. The van der Waals surface area contributed by atoms with E-state index in [2.05, 4.69) is 15.6 Å². The lowest BCUT2D eigenvalue weighted by molar-refractivity contribution is 0.0849. The Balaban J connectivity index is 1.35. The summed E-state index contributed by atoms with van der Waals surface area (Å²) in [6.45, 7) is 0. The number of aryl methyl sites for hydroxylation is 2. The van der Waals surface area contributed by atoms with Crippen LogP contribution in [0.1, 0.15) is 62.6 Å². The van der Waals surface area contributed by atoms with Crippen LogP contribution in [0.2, 0.25) is 0 Å². The molecule has 2 aromatic rings. The second-order valence-corrected chi connectivity index (χ2v) is 10.3. The average molecular weight is 434 g/mol. The van der Waals surface area contributed by atoms with Gasteiger partial charge >= 0.3 is 0 Å². The summed E-state index contributed by atoms with van der Waals surface area (Å²) in [6.07, 6.45) is 7.21. The van der Waals surface area contributed by atoms with Crippen LogP contribution in [0.4, 0.5) is 0 Å². The van der Waals surface area contributed by atoms with Gasteiger partial charge in [0.1, 0.15) is 0 Å². The molecule has 1 heterocycles. The number of hydrogen-bond acceptors (Lipinski definition) is 5. The SMILES string of the molecule is O=C(NNC(=O)c1cc2c(s1)CCCCC2)c1ccc(S(=O)(=O)NC2CC2)cc1. The zero-order valence-corrected chi connectivity index (χ0v) is 17.5. The number of sulfonamides is 1. The number of carbonyl (C=O) groups excluding carboxylic acids is 2. The Hall–Kier alpha value is -2.23. The predicted molar refractivity (Wildman–Crippen MR) is 110 cm³/mol. The third kappa shape index (κ3) is 4.85. The molecule has 3 N–H and O–H groups in total. The first kappa shape index (κ1) is 20.1. The largest absolute Gasteiger partial charge is 0.279 e. The smallest absolute Gasteiger partial charge is 0.267 e. The van der Waals surface area contributed by atoms with Crippen LogP contribution in [0.25, 0.3) is 0 Å². The van der Waals surface area contributed by atoms with Gasteiger partial charge in [-0.2, -0.15) is 0 Å². The van der Waals surface area contributed by atoms with Crippen LogP contribution >= 0.6 is 11.3 Å². The molecule has 1 saturated carbocycles. The van der Waals surface area contributed by atoms with E-state index in [9.17, 15) is 18.0 Å². The lowest BCUT2D eigenvalue weighted by Crippen LogP contribution is -2.41. The fraction of sp³-hybridized carbons (Fsp3) is 0.400. The minimum atomic E-state index is -3.56. The molecule has 0 spiro atoms. The summed E-state index contributed by atoms with van der Waals surface area (Å²) in [7, 11) is -3.56. The van der Waals surface area contributed by atoms with E-state index in [1.165, 1.54) is 52.5 Å². The van der Waals surface area contributed by atoms with E-state index < -0.39 is 15.9 Å². The van der Waals surface area contributed by atoms with Crippen LogP contribution in [0.5, 0.6) is 0 Å². The van der Waals surface area contributed by atoms with Crippen molar-refractivity contribution in [3.05, 3.63) is 51.2 Å². The number of thiophene rings is 1. The predicted octanol–water partition coefficient (Wildman–Crippen LogP) is 2.53. The second kappa shape index (κ2) is 8.25. The Morgan fingerprint density at radius 3 is 2.34 bits per heavy atom. The maximum absolute atomic E-state index is 12.4. The van der Waals surface area contributed by atoms with Crippen molar-refractivity contribution < 1.29 is 18.0 Å². The van der Waals surface area contributed by atoms with Crippen molar-refractivity contribution in [1.29, 1.82) is 0 Å². The molecule has 0 atom stereocenters. The molecule has 2 aliphatic rings. The minimum absolute atomic E-state index is 0.0190. The van der Waals surface area contributed by atoms with Crippen LogP contribution in [0.3, 0.4) is 0 Å². The van der Waals surface area contributed by atoms with Crippen molar-refractivity contribution in [1.82, 2.24) is 15.6 Å². The van der Waals surface area contributed by atoms with Crippen LogP contribution in [-0.2, 0) is 22.9 Å². The van der Waals surface area contributed by atoms with Crippen molar-refractivity contribution in [2.75, 3.05) is 0 Å². The van der Waals surface area contributed by atoms with Crippen LogP contribution in [-0.4, -0.2) is 26.3 Å². The van der Waals surface area contributed by atoms with E-state index in [1.807, 2.05) is 6.07 Å². The Morgan fingerprint density at radius 2 is 1.62 bits per heavy atom. The molecule has 154 valence electrons. The highest BCUT2D eigenvalue weighted by atomic mass is 32.2. The van der Waals surface area contributed by atoms with E-state index >= 15 is 0 Å². The second-order valence-electron chi connectivity index (χ2n) is 7.45. The topological polar surface area (TPSA) is 104 Å². The van der Waals surface area contributed by atoms with Gasteiger partial charge in [-0.05, 0) is 74.4 Å². The van der Waals surface area contributed by atoms with Gasteiger partial charge in [-0.1, -0.05) is 6.42 Å². The van der Waals surface area contributed by atoms with Crippen molar-refractivity contribution >= 4 is 33.2 Å². The van der Waals surface area contributed by atoms with Gasteiger partial charge in [-0.3, -0.25) is 20.4 Å². The summed E-state index contributed by atoms with van der Waals surface area (Å²) in [6, 6.07) is 7.56. The molecule has 1 aromatic carbocycles. The Labute approximate surface area is 173 Å². The molecule has 0 radical (unpaired) electrons. The summed E-state index contributed by atoms with van der Waals surface area (Å²) in [5.41, 5.74) is 6.33. The number of hydrogen-bond donors (Lipinski definition) is 3. The molecule has 4 rings (SSSR count). The zero-order valence-electron chi connectivity index (χ0n) is 15.9. The summed E-state index contributed by atoms with van der Waals surface area (Å²) >= 11 is 1.48. The Bertz CT molecular complexity index is 1000. The maximum atomic E-state index is 12.4. The first-order valence-electron chi connectivity index (χ1n) is 9.77. The van der Waals surface area contributed by atoms with E-state index in [0.717, 1.165) is 38.5 Å². The highest BCUT2D eigenvalue weighted by Crippen LogP contribution is 2.28. The monoisotopic (exact) mass is 433 g/mol. The van der Waals surface area contributed by atoms with Crippen molar-refractivity contribution in [3.63, 3.8) is 0 Å². The zero-order chi connectivity index (χ0) is 20.4. The molecule has 9 heteroatoms. The van der Waals surface area contributed by atoms with E-state index in [-0.39, 0.29) is 22.4 Å². The first-order chi connectivity index (χ1) is 13.9. The number of carbonyl (C=O) groups is 2. The Morgan fingerprint density at radius 1 is 0.931 bits per heavy atom. The molecule has 0 saturated heterocycles. The molecular weight excluding hydrogens is 410 g/mol. The lowest BCUT2D eigenvalue weighted by atomic mass is 10.1. The summed E-state index contributed by atoms with van der Waals surface area (Å²) in [5, 5.41) is 0. The molecule has 0 unspecified atom stereocenters. The average Bonchev–Trinajstić information content (AvgIpc) is 3.47. The molecular formula is C20H23N3O4S2. The van der Waals surface area contributed by atoms with Gasteiger partial charge in [0.05, 0.1) is 9.77 Å². The fourth-order valence-corrected chi connectivity index (χ4v) is 5.75. The van der Waals surface area contributed by atoms with Crippen LogP contribution in [0.15, 0.2) is 35.2 Å². The number of fused-ring (bicyclic) bond motifs is 1. The third-order valence-electron chi connectivity index (χ3n) is 5.09. The normalized spacial score (nSPS) is 16.6. The molecule has 2 aliphatic carbocycles. The molecule has 29 heavy (non-hydrogen) atoms. The number of rotatable bonds is 5. The molecule has 1 aromatic heterocycles. The number of benzene rings is 1. The molecule has 2 amide bonds. The van der Waals surface area contributed by atoms with Crippen molar-refractivity contribution in [3.8, 4) is 0 Å². The number of hydrazine groups is 1. The summed E-state index contributed by atoms with van der Waals surface area (Å²) in [5.74, 6) is -0.847. The van der Waals surface area contributed by atoms with Crippen molar-refractivity contribution in [2.24, 2.45) is 0 Å². The molecule has 1 fully saturated rings. The first-order valence-corrected chi connectivity index (χ1v) is 12.1. The molecule has 0 bridgehead atoms. The van der Waals surface area contributed by atoms with Gasteiger partial charge in [-0.15, -0.1) is 11.3 Å². The van der Waals surface area contributed by atoms with Gasteiger partial charge < -0.3 is 0 Å².